The number of amides is 1. The summed E-state index contributed by atoms with van der Waals surface area (Å²) < 4.78 is 5.78. The van der Waals surface area contributed by atoms with Gasteiger partial charge in [-0.3, -0.25) is 0 Å². The monoisotopic (exact) mass is 532 g/mol. The lowest BCUT2D eigenvalue weighted by atomic mass is 9.88. The number of benzene rings is 3. The Labute approximate surface area is 233 Å². The highest BCUT2D eigenvalue weighted by atomic mass is 35.5. The van der Waals surface area contributed by atoms with Crippen molar-refractivity contribution in [3.8, 4) is 0 Å². The van der Waals surface area contributed by atoms with Crippen LogP contribution in [0.25, 0.3) is 0 Å². The van der Waals surface area contributed by atoms with E-state index >= 15 is 0 Å². The van der Waals surface area contributed by atoms with E-state index in [1.54, 1.807) is 0 Å². The van der Waals surface area contributed by atoms with Crippen molar-refractivity contribution in [3.05, 3.63) is 101 Å². The topological polar surface area (TPSA) is 32.8 Å². The predicted octanol–water partition coefficient (Wildman–Crippen LogP) is 8.20. The minimum atomic E-state index is -0.515. The molecule has 5 heteroatoms. The van der Waals surface area contributed by atoms with Crippen LogP contribution < -0.4 is 4.90 Å². The Balaban J connectivity index is 1.60. The van der Waals surface area contributed by atoms with E-state index in [-0.39, 0.29) is 6.09 Å². The van der Waals surface area contributed by atoms with E-state index in [9.17, 15) is 4.79 Å². The van der Waals surface area contributed by atoms with Gasteiger partial charge in [0.1, 0.15) is 5.60 Å². The third-order valence-electron chi connectivity index (χ3n) is 7.21. The molecule has 4 nitrogen and oxygen atoms in total. The molecule has 1 saturated heterocycles. The summed E-state index contributed by atoms with van der Waals surface area (Å²) >= 11 is 6.23. The van der Waals surface area contributed by atoms with E-state index in [1.165, 1.54) is 16.7 Å². The fourth-order valence-corrected chi connectivity index (χ4v) is 5.36. The zero-order valence-corrected chi connectivity index (χ0v) is 24.1. The van der Waals surface area contributed by atoms with E-state index in [1.807, 2.05) is 43.9 Å². The van der Waals surface area contributed by atoms with Gasteiger partial charge in [-0.05, 0) is 85.9 Å². The maximum Gasteiger partial charge on any atom is 0.410 e. The van der Waals surface area contributed by atoms with Crippen LogP contribution >= 0.6 is 11.6 Å². The van der Waals surface area contributed by atoms with Gasteiger partial charge in [-0.25, -0.2) is 4.79 Å². The molecule has 0 saturated carbocycles. The molecule has 0 radical (unpaired) electrons. The van der Waals surface area contributed by atoms with Gasteiger partial charge in [-0.15, -0.1) is 0 Å². The van der Waals surface area contributed by atoms with Gasteiger partial charge in [0.25, 0.3) is 0 Å². The molecular formula is C33H41ClN2O2. The third kappa shape index (κ3) is 7.77. The van der Waals surface area contributed by atoms with Gasteiger partial charge in [0.2, 0.25) is 0 Å². The molecule has 38 heavy (non-hydrogen) atoms. The zero-order chi connectivity index (χ0) is 27.3. The number of likely N-dealkylation sites (tertiary alicyclic amines) is 1. The van der Waals surface area contributed by atoms with E-state index in [0.717, 1.165) is 30.2 Å². The van der Waals surface area contributed by atoms with Crippen molar-refractivity contribution in [1.29, 1.82) is 0 Å². The van der Waals surface area contributed by atoms with Gasteiger partial charge in [0, 0.05) is 36.9 Å². The zero-order valence-electron chi connectivity index (χ0n) is 23.4. The van der Waals surface area contributed by atoms with Crippen molar-refractivity contribution < 1.29 is 9.53 Å². The highest BCUT2D eigenvalue weighted by Gasteiger charge is 2.38. The first-order valence-electron chi connectivity index (χ1n) is 13.7. The Morgan fingerprint density at radius 3 is 2.26 bits per heavy atom. The molecule has 3 aromatic carbocycles. The molecule has 202 valence electrons. The maximum atomic E-state index is 13.1. The quantitative estimate of drug-likeness (QED) is 0.293. The van der Waals surface area contributed by atoms with Crippen molar-refractivity contribution in [2.24, 2.45) is 11.8 Å². The first-order valence-corrected chi connectivity index (χ1v) is 14.1. The molecule has 3 aromatic rings. The second-order valence-corrected chi connectivity index (χ2v) is 12.3. The van der Waals surface area contributed by atoms with E-state index in [2.05, 4.69) is 79.4 Å². The van der Waals surface area contributed by atoms with Crippen LogP contribution in [0.15, 0.2) is 78.9 Å². The van der Waals surface area contributed by atoms with Crippen molar-refractivity contribution >= 4 is 23.4 Å². The van der Waals surface area contributed by atoms with Gasteiger partial charge in [-0.1, -0.05) is 80.0 Å². The number of hydrogen-bond donors (Lipinski definition) is 0. The van der Waals surface area contributed by atoms with Crippen LogP contribution in [0.3, 0.4) is 0 Å². The highest BCUT2D eigenvalue weighted by molar-refractivity contribution is 6.30. The molecule has 1 amide bonds. The Morgan fingerprint density at radius 2 is 1.61 bits per heavy atom. The molecule has 2 atom stereocenters. The van der Waals surface area contributed by atoms with Crippen LogP contribution in [-0.4, -0.2) is 36.2 Å². The molecule has 0 bridgehead atoms. The second-order valence-electron chi connectivity index (χ2n) is 11.9. The van der Waals surface area contributed by atoms with Crippen LogP contribution in [0, 0.1) is 11.8 Å². The largest absolute Gasteiger partial charge is 0.444 e. The first-order chi connectivity index (χ1) is 18.1. The first kappa shape index (κ1) is 28.0. The number of hydrogen-bond acceptors (Lipinski definition) is 3. The predicted molar refractivity (Wildman–Crippen MR) is 158 cm³/mol. The number of carbonyl (C=O) groups is 1. The Bertz CT molecular complexity index is 1190. The third-order valence-corrected chi connectivity index (χ3v) is 7.46. The summed E-state index contributed by atoms with van der Waals surface area (Å²) in [5.74, 6) is 1.11. The molecule has 0 aromatic heterocycles. The van der Waals surface area contributed by atoms with Crippen LogP contribution in [0.4, 0.5) is 10.5 Å². The van der Waals surface area contributed by atoms with Gasteiger partial charge in [0.05, 0.1) is 0 Å². The van der Waals surface area contributed by atoms with Gasteiger partial charge in [0.15, 0.2) is 0 Å². The van der Waals surface area contributed by atoms with Crippen molar-refractivity contribution in [2.75, 3.05) is 24.5 Å². The summed E-state index contributed by atoms with van der Waals surface area (Å²) in [4.78, 5) is 17.4. The summed E-state index contributed by atoms with van der Waals surface area (Å²) in [5.41, 5.74) is 4.56. The number of anilines is 1. The lowest BCUT2D eigenvalue weighted by Gasteiger charge is -2.30. The smallest absolute Gasteiger partial charge is 0.410 e. The van der Waals surface area contributed by atoms with Gasteiger partial charge >= 0.3 is 6.09 Å². The second kappa shape index (κ2) is 12.3. The molecule has 0 spiro atoms. The minimum Gasteiger partial charge on any atom is -0.444 e. The standard InChI is InChI=1S/C33H41ClN2O2/c1-24(2)27-13-9-12-26(18-27)19-28-21-36(32(37)38-33(3,4)5)23-29(28)22-35(20-25-10-7-6-8-11-25)31-16-14-30(34)15-17-31/h6-18,24,28-29H,19-23H2,1-5H3. The van der Waals surface area contributed by atoms with E-state index < -0.39 is 5.60 Å². The lowest BCUT2D eigenvalue weighted by Crippen LogP contribution is -2.36. The minimum absolute atomic E-state index is 0.220. The van der Waals surface area contributed by atoms with E-state index in [4.69, 9.17) is 16.3 Å². The molecular weight excluding hydrogens is 492 g/mol. The number of halogens is 1. The molecule has 1 heterocycles. The summed E-state index contributed by atoms with van der Waals surface area (Å²) in [7, 11) is 0. The molecule has 0 aliphatic carbocycles. The fraction of sp³-hybridized carbons (Fsp3) is 0.424. The molecule has 4 rings (SSSR count). The van der Waals surface area contributed by atoms with Crippen LogP contribution in [0.1, 0.15) is 57.2 Å². The highest BCUT2D eigenvalue weighted by Crippen LogP contribution is 2.32. The van der Waals surface area contributed by atoms with Crippen molar-refractivity contribution in [1.82, 2.24) is 4.90 Å². The van der Waals surface area contributed by atoms with Crippen molar-refractivity contribution in [3.63, 3.8) is 0 Å². The number of nitrogens with zero attached hydrogens (tertiary/aromatic N) is 2. The van der Waals surface area contributed by atoms with Gasteiger partial charge < -0.3 is 14.5 Å². The van der Waals surface area contributed by atoms with Crippen LogP contribution in [0.5, 0.6) is 0 Å². The molecule has 1 fully saturated rings. The average molecular weight is 533 g/mol. The fourth-order valence-electron chi connectivity index (χ4n) is 5.23. The van der Waals surface area contributed by atoms with Gasteiger partial charge in [-0.2, -0.15) is 0 Å². The Kier molecular flexibility index (Phi) is 9.04. The number of carbonyl (C=O) groups excluding carboxylic acids is 1. The summed E-state index contributed by atoms with van der Waals surface area (Å²) in [5, 5.41) is 0.730. The van der Waals surface area contributed by atoms with Crippen LogP contribution in [-0.2, 0) is 17.7 Å². The number of rotatable bonds is 8. The summed E-state index contributed by atoms with van der Waals surface area (Å²) in [6.45, 7) is 13.3. The van der Waals surface area contributed by atoms with Crippen LogP contribution in [0.2, 0.25) is 5.02 Å². The molecule has 1 aliphatic rings. The maximum absolute atomic E-state index is 13.1. The normalized spacial score (nSPS) is 17.6. The average Bonchev–Trinajstić information content (AvgIpc) is 3.26. The molecule has 1 aliphatic heterocycles. The summed E-state index contributed by atoms with van der Waals surface area (Å²) in [6.07, 6.45) is 0.715. The van der Waals surface area contributed by atoms with E-state index in [0.29, 0.717) is 30.8 Å². The molecule has 0 N–H and O–H groups in total. The van der Waals surface area contributed by atoms with Crippen molar-refractivity contribution in [2.45, 2.75) is 59.1 Å². The Morgan fingerprint density at radius 1 is 0.947 bits per heavy atom. The SMILES string of the molecule is CC(C)c1cccc(CC2CN(C(=O)OC(C)(C)C)CC2CN(Cc2ccccc2)c2ccc(Cl)cc2)c1. The Hall–Kier alpha value is -2.98. The molecule has 2 unspecified atom stereocenters. The summed E-state index contributed by atoms with van der Waals surface area (Å²) in [6, 6.07) is 27.5. The number of ether oxygens (including phenoxy) is 1. The lowest BCUT2D eigenvalue weighted by molar-refractivity contribution is 0.0284.